The van der Waals surface area contributed by atoms with E-state index in [9.17, 15) is 9.59 Å². The number of rotatable bonds is 3. The van der Waals surface area contributed by atoms with Crippen LogP contribution in [0.25, 0.3) is 22.2 Å². The first-order valence-electron chi connectivity index (χ1n) is 9.43. The Kier molecular flexibility index (Phi) is 4.08. The summed E-state index contributed by atoms with van der Waals surface area (Å²) in [7, 11) is 0. The number of nitrogens with two attached hydrogens (primary N) is 1. The average molecular weight is 393 g/mol. The van der Waals surface area contributed by atoms with Gasteiger partial charge in [-0.05, 0) is 42.2 Å². The van der Waals surface area contributed by atoms with Gasteiger partial charge >= 0.3 is 0 Å². The van der Waals surface area contributed by atoms with Crippen molar-refractivity contribution in [1.29, 1.82) is 0 Å². The number of hydrogen-bond acceptors (Lipinski definition) is 7. The van der Waals surface area contributed by atoms with Gasteiger partial charge in [-0.25, -0.2) is 4.98 Å². The number of aromatic nitrogens is 3. The summed E-state index contributed by atoms with van der Waals surface area (Å²) in [6, 6.07) is 7.33. The monoisotopic (exact) mass is 393 g/mol. The van der Waals surface area contributed by atoms with Crippen LogP contribution in [0.15, 0.2) is 35.3 Å². The normalized spacial score (nSPS) is 16.3. The molecule has 1 amide bonds. The predicted molar refractivity (Wildman–Crippen MR) is 106 cm³/mol. The molecule has 0 saturated carbocycles. The fraction of sp³-hybridized carbons (Fsp3) is 0.300. The van der Waals surface area contributed by atoms with Crippen molar-refractivity contribution in [3.05, 3.63) is 40.8 Å². The van der Waals surface area contributed by atoms with Crippen molar-refractivity contribution in [2.75, 3.05) is 24.8 Å². The lowest BCUT2D eigenvalue weighted by Crippen LogP contribution is -2.40. The van der Waals surface area contributed by atoms with E-state index in [0.717, 1.165) is 11.1 Å². The third kappa shape index (κ3) is 3.04. The van der Waals surface area contributed by atoms with Gasteiger partial charge in [0.2, 0.25) is 18.6 Å². The molecule has 2 aliphatic heterocycles. The number of nitrogens with zero attached hydrogens (tertiary/aromatic N) is 3. The number of hydrogen-bond donors (Lipinski definition) is 2. The van der Waals surface area contributed by atoms with Crippen molar-refractivity contribution in [2.45, 2.75) is 12.8 Å². The number of carbonyl (C=O) groups is 1. The SMILES string of the molecule is NC(=O)C1CCN(c2nc3nccc(-c4ccc5c(c4)OCO5)c3c(=O)[nH]2)CC1. The van der Waals surface area contributed by atoms with Crippen molar-refractivity contribution >= 4 is 22.9 Å². The molecule has 1 fully saturated rings. The summed E-state index contributed by atoms with van der Waals surface area (Å²) in [5.74, 6) is 1.38. The summed E-state index contributed by atoms with van der Waals surface area (Å²) in [5, 5.41) is 0.419. The molecule has 0 atom stereocenters. The summed E-state index contributed by atoms with van der Waals surface area (Å²) in [6.07, 6.45) is 2.92. The van der Waals surface area contributed by atoms with E-state index in [2.05, 4.69) is 15.0 Å². The van der Waals surface area contributed by atoms with Gasteiger partial charge in [-0.1, -0.05) is 6.07 Å². The maximum absolute atomic E-state index is 13.0. The molecule has 4 heterocycles. The second-order valence-corrected chi connectivity index (χ2v) is 7.18. The van der Waals surface area contributed by atoms with Crippen LogP contribution < -0.4 is 25.7 Å². The van der Waals surface area contributed by atoms with Crippen LogP contribution >= 0.6 is 0 Å². The van der Waals surface area contributed by atoms with Crippen LogP contribution in [0.4, 0.5) is 5.95 Å². The van der Waals surface area contributed by atoms with E-state index in [1.54, 1.807) is 12.3 Å². The zero-order valence-electron chi connectivity index (χ0n) is 15.6. The van der Waals surface area contributed by atoms with Crippen molar-refractivity contribution < 1.29 is 14.3 Å². The molecule has 0 aliphatic carbocycles. The number of benzene rings is 1. The lowest BCUT2D eigenvalue weighted by Gasteiger charge is -2.30. The maximum Gasteiger partial charge on any atom is 0.262 e. The smallest absolute Gasteiger partial charge is 0.262 e. The molecule has 0 radical (unpaired) electrons. The molecule has 29 heavy (non-hydrogen) atoms. The highest BCUT2D eigenvalue weighted by Gasteiger charge is 2.25. The van der Waals surface area contributed by atoms with E-state index in [4.69, 9.17) is 15.2 Å². The third-order valence-corrected chi connectivity index (χ3v) is 5.48. The van der Waals surface area contributed by atoms with Gasteiger partial charge in [-0.2, -0.15) is 4.98 Å². The number of anilines is 1. The van der Waals surface area contributed by atoms with Gasteiger partial charge in [0, 0.05) is 25.2 Å². The van der Waals surface area contributed by atoms with Gasteiger partial charge in [0.05, 0.1) is 5.39 Å². The minimum absolute atomic E-state index is 0.130. The number of H-pyrrole nitrogens is 1. The number of ether oxygens (including phenoxy) is 2. The van der Waals surface area contributed by atoms with E-state index in [1.807, 2.05) is 23.1 Å². The predicted octanol–water partition coefficient (Wildman–Crippen LogP) is 1.42. The molecule has 0 unspecified atom stereocenters. The summed E-state index contributed by atoms with van der Waals surface area (Å²) >= 11 is 0. The molecular formula is C20H19N5O4. The van der Waals surface area contributed by atoms with E-state index < -0.39 is 0 Å². The van der Waals surface area contributed by atoms with E-state index in [-0.39, 0.29) is 24.2 Å². The average Bonchev–Trinajstić information content (AvgIpc) is 3.21. The Morgan fingerprint density at radius 3 is 2.76 bits per heavy atom. The standard InChI is InChI=1S/C20H19N5O4/c21-17(26)11-4-7-25(8-5-11)20-23-18-16(19(27)24-20)13(3-6-22-18)12-1-2-14-15(9-12)29-10-28-14/h1-3,6,9,11H,4-5,7-8,10H2,(H2,21,26)(H,22,23,24,27). The van der Waals surface area contributed by atoms with Crippen LogP contribution in [0.1, 0.15) is 12.8 Å². The minimum atomic E-state index is -0.278. The molecule has 0 spiro atoms. The fourth-order valence-corrected chi connectivity index (χ4v) is 3.88. The Labute approximate surface area is 165 Å². The number of nitrogens with one attached hydrogen (secondary N) is 1. The Morgan fingerprint density at radius 2 is 1.97 bits per heavy atom. The van der Waals surface area contributed by atoms with Crippen molar-refractivity contribution in [3.63, 3.8) is 0 Å². The molecule has 2 aromatic heterocycles. The van der Waals surface area contributed by atoms with Crippen molar-refractivity contribution in [1.82, 2.24) is 15.0 Å². The van der Waals surface area contributed by atoms with E-state index in [0.29, 0.717) is 54.4 Å². The zero-order valence-corrected chi connectivity index (χ0v) is 15.6. The molecule has 1 saturated heterocycles. The van der Waals surface area contributed by atoms with Gasteiger partial charge in [-0.3, -0.25) is 14.6 Å². The van der Waals surface area contributed by atoms with Crippen LogP contribution in [0.3, 0.4) is 0 Å². The first kappa shape index (κ1) is 17.5. The highest BCUT2D eigenvalue weighted by atomic mass is 16.7. The molecule has 0 bridgehead atoms. The molecule has 5 rings (SSSR count). The number of carbonyl (C=O) groups excluding carboxylic acids is 1. The molecule has 1 aromatic carbocycles. The number of fused-ring (bicyclic) bond motifs is 2. The lowest BCUT2D eigenvalue weighted by molar-refractivity contribution is -0.122. The summed E-state index contributed by atoms with van der Waals surface area (Å²) in [4.78, 5) is 38.0. The van der Waals surface area contributed by atoms with Gasteiger partial charge < -0.3 is 20.1 Å². The van der Waals surface area contributed by atoms with Crippen molar-refractivity contribution in [3.8, 4) is 22.6 Å². The third-order valence-electron chi connectivity index (χ3n) is 5.48. The largest absolute Gasteiger partial charge is 0.454 e. The Hall–Kier alpha value is -3.62. The zero-order chi connectivity index (χ0) is 20.0. The topological polar surface area (TPSA) is 123 Å². The molecular weight excluding hydrogens is 374 g/mol. The van der Waals surface area contributed by atoms with Gasteiger partial charge in [0.1, 0.15) is 0 Å². The maximum atomic E-state index is 13.0. The number of pyridine rings is 1. The quantitative estimate of drug-likeness (QED) is 0.690. The van der Waals surface area contributed by atoms with Crippen LogP contribution in [0.2, 0.25) is 0 Å². The molecule has 3 N–H and O–H groups in total. The number of piperidine rings is 1. The van der Waals surface area contributed by atoms with Gasteiger partial charge in [0.15, 0.2) is 17.1 Å². The number of aromatic amines is 1. The fourth-order valence-electron chi connectivity index (χ4n) is 3.88. The molecule has 148 valence electrons. The van der Waals surface area contributed by atoms with Crippen molar-refractivity contribution in [2.24, 2.45) is 11.7 Å². The van der Waals surface area contributed by atoms with Gasteiger partial charge in [0.25, 0.3) is 5.56 Å². The van der Waals surface area contributed by atoms with E-state index in [1.165, 1.54) is 0 Å². The Morgan fingerprint density at radius 1 is 1.17 bits per heavy atom. The van der Waals surface area contributed by atoms with E-state index >= 15 is 0 Å². The first-order chi connectivity index (χ1) is 14.1. The number of amides is 1. The second kappa shape index (κ2) is 6.77. The second-order valence-electron chi connectivity index (χ2n) is 7.18. The Bertz CT molecular complexity index is 1170. The minimum Gasteiger partial charge on any atom is -0.454 e. The summed E-state index contributed by atoms with van der Waals surface area (Å²) in [5.41, 5.74) is 7.05. The lowest BCUT2D eigenvalue weighted by atomic mass is 9.96. The molecule has 9 heteroatoms. The highest BCUT2D eigenvalue weighted by Crippen LogP contribution is 2.37. The number of primary amides is 1. The van der Waals surface area contributed by atoms with Crippen LogP contribution in [0, 0.1) is 5.92 Å². The van der Waals surface area contributed by atoms with Crippen LogP contribution in [-0.4, -0.2) is 40.7 Å². The summed E-state index contributed by atoms with van der Waals surface area (Å²) < 4.78 is 10.8. The highest BCUT2D eigenvalue weighted by molar-refractivity contribution is 5.92. The first-order valence-corrected chi connectivity index (χ1v) is 9.43. The molecule has 2 aliphatic rings. The molecule has 3 aromatic rings. The molecule has 9 nitrogen and oxygen atoms in total. The Balaban J connectivity index is 1.53. The van der Waals surface area contributed by atoms with Crippen LogP contribution in [0.5, 0.6) is 11.5 Å². The van der Waals surface area contributed by atoms with Crippen LogP contribution in [-0.2, 0) is 4.79 Å². The summed E-state index contributed by atoms with van der Waals surface area (Å²) in [6.45, 7) is 1.39. The van der Waals surface area contributed by atoms with Gasteiger partial charge in [-0.15, -0.1) is 0 Å².